The lowest BCUT2D eigenvalue weighted by molar-refractivity contribution is 1.11. The van der Waals surface area contributed by atoms with Crippen molar-refractivity contribution in [3.63, 3.8) is 0 Å². The number of aryl methyl sites for hydroxylation is 1. The number of thiophene rings is 1. The zero-order valence-electron chi connectivity index (χ0n) is 16.0. The molecule has 0 aliphatic rings. The Labute approximate surface area is 175 Å². The molecule has 0 saturated heterocycles. The third kappa shape index (κ3) is 2.71. The molecule has 6 aromatic rings. The Bertz CT molecular complexity index is 1510. The van der Waals surface area contributed by atoms with Crippen LogP contribution in [0.2, 0.25) is 0 Å². The Balaban J connectivity index is 1.52. The van der Waals surface area contributed by atoms with E-state index in [0.29, 0.717) is 0 Å². The predicted octanol–water partition coefficient (Wildman–Crippen LogP) is 5.60. The van der Waals surface area contributed by atoms with Gasteiger partial charge in [0.1, 0.15) is 5.69 Å². The summed E-state index contributed by atoms with van der Waals surface area (Å²) in [6.45, 7) is 2.11. The van der Waals surface area contributed by atoms with Gasteiger partial charge in [0.25, 0.3) is 0 Å². The smallest absolute Gasteiger partial charge is 0.116 e. The van der Waals surface area contributed by atoms with Gasteiger partial charge in [0.15, 0.2) is 0 Å². The lowest BCUT2D eigenvalue weighted by Crippen LogP contribution is -1.84. The summed E-state index contributed by atoms with van der Waals surface area (Å²) in [5.41, 5.74) is 6.66. The van der Waals surface area contributed by atoms with Gasteiger partial charge < -0.3 is 4.98 Å². The average Bonchev–Trinajstić information content (AvgIpc) is 3.51. The first-order valence-corrected chi connectivity index (χ1v) is 10.4. The molecule has 0 radical (unpaired) electrons. The molecule has 0 amide bonds. The lowest BCUT2D eigenvalue weighted by atomic mass is 10.1. The van der Waals surface area contributed by atoms with E-state index in [2.05, 4.69) is 61.3 Å². The fraction of sp³-hybridized carbons (Fsp3) is 0.0435. The molecule has 0 unspecified atom stereocenters. The molecule has 0 spiro atoms. The minimum atomic E-state index is 0.868. The number of pyridine rings is 3. The SMILES string of the molecule is Cc1ccc(-c2nccc3[nH]c(-c4n[nH]c5cnc(-c6ccncc6)cc45)cc23)s1. The van der Waals surface area contributed by atoms with Crippen molar-refractivity contribution in [2.45, 2.75) is 6.92 Å². The van der Waals surface area contributed by atoms with Crippen molar-refractivity contribution in [1.82, 2.24) is 30.1 Å². The Morgan fingerprint density at radius 3 is 2.53 bits per heavy atom. The van der Waals surface area contributed by atoms with E-state index in [1.54, 1.807) is 23.7 Å². The summed E-state index contributed by atoms with van der Waals surface area (Å²) in [6, 6.07) is 14.4. The van der Waals surface area contributed by atoms with Gasteiger partial charge in [-0.15, -0.1) is 11.3 Å². The van der Waals surface area contributed by atoms with E-state index in [4.69, 9.17) is 0 Å². The molecule has 6 rings (SSSR count). The first kappa shape index (κ1) is 17.1. The summed E-state index contributed by atoms with van der Waals surface area (Å²) in [5, 5.41) is 9.79. The summed E-state index contributed by atoms with van der Waals surface area (Å²) >= 11 is 1.75. The van der Waals surface area contributed by atoms with Crippen LogP contribution in [0.1, 0.15) is 4.88 Å². The molecular formula is C23H16N6S. The molecule has 6 heterocycles. The van der Waals surface area contributed by atoms with Crippen molar-refractivity contribution < 1.29 is 0 Å². The standard InChI is InChI=1S/C23H16N6S/c1-13-2-3-21(30-13)23-15-11-19(27-17(15)6-9-25-23)22-16-10-18(14-4-7-24-8-5-14)26-12-20(16)28-29-22/h2-12,27H,1H3,(H,28,29). The molecule has 144 valence electrons. The zero-order chi connectivity index (χ0) is 20.1. The Hall–Kier alpha value is -3.84. The van der Waals surface area contributed by atoms with Crippen LogP contribution in [0.3, 0.4) is 0 Å². The largest absolute Gasteiger partial charge is 0.353 e. The zero-order valence-corrected chi connectivity index (χ0v) is 16.9. The minimum absolute atomic E-state index is 0.868. The van der Waals surface area contributed by atoms with Crippen molar-refractivity contribution in [3.8, 4) is 33.2 Å². The highest BCUT2D eigenvalue weighted by molar-refractivity contribution is 7.15. The van der Waals surface area contributed by atoms with Gasteiger partial charge in [-0.25, -0.2) is 0 Å². The number of H-pyrrole nitrogens is 2. The van der Waals surface area contributed by atoms with E-state index in [0.717, 1.165) is 50.1 Å². The van der Waals surface area contributed by atoms with E-state index in [1.807, 2.05) is 30.6 Å². The summed E-state index contributed by atoms with van der Waals surface area (Å²) in [5.74, 6) is 0. The van der Waals surface area contributed by atoms with Crippen LogP contribution in [0.5, 0.6) is 0 Å². The molecule has 0 aliphatic carbocycles. The van der Waals surface area contributed by atoms with Gasteiger partial charge in [0, 0.05) is 45.3 Å². The quantitative estimate of drug-likeness (QED) is 0.399. The predicted molar refractivity (Wildman–Crippen MR) is 120 cm³/mol. The summed E-state index contributed by atoms with van der Waals surface area (Å²) in [4.78, 5) is 19.3. The fourth-order valence-electron chi connectivity index (χ4n) is 3.74. The third-order valence-corrected chi connectivity index (χ3v) is 6.21. The van der Waals surface area contributed by atoms with Crippen molar-refractivity contribution in [2.24, 2.45) is 0 Å². The van der Waals surface area contributed by atoms with E-state index in [-0.39, 0.29) is 0 Å². The van der Waals surface area contributed by atoms with Gasteiger partial charge in [-0.05, 0) is 49.4 Å². The number of fused-ring (bicyclic) bond motifs is 2. The number of aromatic amines is 2. The second kappa shape index (κ2) is 6.60. The Morgan fingerprint density at radius 1 is 0.833 bits per heavy atom. The molecule has 0 aliphatic heterocycles. The van der Waals surface area contributed by atoms with Crippen LogP contribution in [-0.4, -0.2) is 30.1 Å². The van der Waals surface area contributed by atoms with E-state index in [9.17, 15) is 0 Å². The van der Waals surface area contributed by atoms with E-state index >= 15 is 0 Å². The molecule has 0 atom stereocenters. The molecule has 0 fully saturated rings. The molecule has 0 bridgehead atoms. The summed E-state index contributed by atoms with van der Waals surface area (Å²) < 4.78 is 0. The first-order valence-electron chi connectivity index (χ1n) is 9.56. The number of nitrogens with zero attached hydrogens (tertiary/aromatic N) is 4. The molecular weight excluding hydrogens is 392 g/mol. The third-order valence-electron chi connectivity index (χ3n) is 5.20. The summed E-state index contributed by atoms with van der Waals surface area (Å²) in [7, 11) is 0. The van der Waals surface area contributed by atoms with Gasteiger partial charge in [-0.2, -0.15) is 5.10 Å². The van der Waals surface area contributed by atoms with Crippen LogP contribution in [0.25, 0.3) is 55.0 Å². The molecule has 30 heavy (non-hydrogen) atoms. The highest BCUT2D eigenvalue weighted by atomic mass is 32.1. The van der Waals surface area contributed by atoms with Crippen LogP contribution in [-0.2, 0) is 0 Å². The molecule has 6 aromatic heterocycles. The molecule has 7 heteroatoms. The number of hydrogen-bond donors (Lipinski definition) is 2. The van der Waals surface area contributed by atoms with E-state index < -0.39 is 0 Å². The summed E-state index contributed by atoms with van der Waals surface area (Å²) in [6.07, 6.45) is 7.22. The van der Waals surface area contributed by atoms with Crippen molar-refractivity contribution in [1.29, 1.82) is 0 Å². The highest BCUT2D eigenvalue weighted by Crippen LogP contribution is 2.35. The maximum atomic E-state index is 4.65. The topological polar surface area (TPSA) is 83.1 Å². The van der Waals surface area contributed by atoms with E-state index in [1.165, 1.54) is 9.75 Å². The second-order valence-corrected chi connectivity index (χ2v) is 8.43. The van der Waals surface area contributed by atoms with Gasteiger partial charge in [0.05, 0.1) is 33.7 Å². The maximum absolute atomic E-state index is 4.65. The fourth-order valence-corrected chi connectivity index (χ4v) is 4.62. The van der Waals surface area contributed by atoms with Gasteiger partial charge in [0.2, 0.25) is 0 Å². The number of nitrogens with one attached hydrogen (secondary N) is 2. The lowest BCUT2D eigenvalue weighted by Gasteiger charge is -2.00. The first-order chi connectivity index (χ1) is 14.8. The molecule has 2 N–H and O–H groups in total. The molecule has 0 aromatic carbocycles. The Kier molecular flexibility index (Phi) is 3.75. The van der Waals surface area contributed by atoms with Crippen molar-refractivity contribution >= 4 is 33.1 Å². The van der Waals surface area contributed by atoms with Crippen LogP contribution in [0, 0.1) is 6.92 Å². The van der Waals surface area contributed by atoms with Crippen LogP contribution < -0.4 is 0 Å². The highest BCUT2D eigenvalue weighted by Gasteiger charge is 2.15. The normalized spacial score (nSPS) is 11.5. The number of aromatic nitrogens is 6. The monoisotopic (exact) mass is 408 g/mol. The number of rotatable bonds is 3. The van der Waals surface area contributed by atoms with Crippen LogP contribution in [0.4, 0.5) is 0 Å². The molecule has 6 nitrogen and oxygen atoms in total. The van der Waals surface area contributed by atoms with Gasteiger partial charge in [-0.1, -0.05) is 0 Å². The van der Waals surface area contributed by atoms with Crippen LogP contribution in [0.15, 0.2) is 67.3 Å². The van der Waals surface area contributed by atoms with Crippen LogP contribution >= 0.6 is 11.3 Å². The van der Waals surface area contributed by atoms with Gasteiger partial charge in [-0.3, -0.25) is 20.1 Å². The minimum Gasteiger partial charge on any atom is -0.353 e. The van der Waals surface area contributed by atoms with Crippen molar-refractivity contribution in [3.05, 3.63) is 72.1 Å². The van der Waals surface area contributed by atoms with Crippen molar-refractivity contribution in [2.75, 3.05) is 0 Å². The number of hydrogen-bond acceptors (Lipinski definition) is 5. The van der Waals surface area contributed by atoms with Gasteiger partial charge >= 0.3 is 0 Å². The average molecular weight is 408 g/mol. The second-order valence-electron chi connectivity index (χ2n) is 7.14. The Morgan fingerprint density at radius 2 is 1.70 bits per heavy atom. The molecule has 0 saturated carbocycles. The maximum Gasteiger partial charge on any atom is 0.116 e.